The van der Waals surface area contributed by atoms with Crippen LogP contribution in [-0.4, -0.2) is 32.2 Å². The second kappa shape index (κ2) is 7.63. The first-order valence-corrected chi connectivity index (χ1v) is 6.38. The van der Waals surface area contributed by atoms with Gasteiger partial charge in [-0.3, -0.25) is 4.79 Å². The van der Waals surface area contributed by atoms with Crippen LogP contribution in [0.3, 0.4) is 0 Å². The Morgan fingerprint density at radius 1 is 1.47 bits per heavy atom. The summed E-state index contributed by atoms with van der Waals surface area (Å²) in [5.74, 6) is 1.29. The fourth-order valence-electron chi connectivity index (χ4n) is 1.72. The second-order valence-corrected chi connectivity index (χ2v) is 4.40. The number of nitrogens with one attached hydrogen (secondary N) is 1. The minimum atomic E-state index is -0.134. The quantitative estimate of drug-likeness (QED) is 0.775. The molecule has 0 aromatic heterocycles. The average Bonchev–Trinajstić information content (AvgIpc) is 2.36. The molecule has 0 aliphatic carbocycles. The Labute approximate surface area is 114 Å². The highest BCUT2D eigenvalue weighted by molar-refractivity contribution is 5.77. The molecule has 0 heterocycles. The van der Waals surface area contributed by atoms with Gasteiger partial charge in [0.1, 0.15) is 11.5 Å². The summed E-state index contributed by atoms with van der Waals surface area (Å²) in [7, 11) is 1.61. The van der Waals surface area contributed by atoms with Crippen LogP contribution in [0.25, 0.3) is 0 Å². The Bertz CT molecular complexity index is 419. The van der Waals surface area contributed by atoms with Gasteiger partial charge in [0.25, 0.3) is 5.91 Å². The summed E-state index contributed by atoms with van der Waals surface area (Å²) in [6, 6.07) is 5.50. The molecular weight excluding hydrogens is 244 g/mol. The van der Waals surface area contributed by atoms with Gasteiger partial charge in [-0.15, -0.1) is 0 Å². The van der Waals surface area contributed by atoms with Crippen LogP contribution in [0.15, 0.2) is 18.2 Å². The first-order chi connectivity index (χ1) is 9.06. The van der Waals surface area contributed by atoms with E-state index < -0.39 is 0 Å². The molecule has 0 saturated heterocycles. The third-order valence-electron chi connectivity index (χ3n) is 2.54. The van der Waals surface area contributed by atoms with Gasteiger partial charge in [0, 0.05) is 12.6 Å². The number of nitrogens with two attached hydrogens (primary N) is 1. The molecule has 1 atom stereocenters. The number of hydrogen-bond acceptors (Lipinski definition) is 4. The molecule has 106 valence electrons. The Kier molecular flexibility index (Phi) is 6.15. The molecule has 0 aliphatic rings. The molecular formula is C14H22N2O3. The van der Waals surface area contributed by atoms with Gasteiger partial charge in [-0.05, 0) is 44.0 Å². The molecule has 5 nitrogen and oxygen atoms in total. The Morgan fingerprint density at radius 2 is 2.21 bits per heavy atom. The van der Waals surface area contributed by atoms with E-state index in [-0.39, 0.29) is 18.6 Å². The first kappa shape index (κ1) is 15.3. The van der Waals surface area contributed by atoms with Crippen molar-refractivity contribution in [1.29, 1.82) is 0 Å². The molecule has 3 N–H and O–H groups in total. The van der Waals surface area contributed by atoms with Crippen molar-refractivity contribution >= 4 is 5.91 Å². The number of amides is 1. The van der Waals surface area contributed by atoms with E-state index >= 15 is 0 Å². The van der Waals surface area contributed by atoms with Crippen LogP contribution >= 0.6 is 0 Å². The topological polar surface area (TPSA) is 73.6 Å². The number of rotatable bonds is 7. The highest BCUT2D eigenvalue weighted by Gasteiger charge is 2.09. The summed E-state index contributed by atoms with van der Waals surface area (Å²) in [6.45, 7) is 4.39. The van der Waals surface area contributed by atoms with Crippen molar-refractivity contribution in [2.24, 2.45) is 5.73 Å². The second-order valence-electron chi connectivity index (χ2n) is 4.40. The Hall–Kier alpha value is -1.75. The van der Waals surface area contributed by atoms with E-state index in [2.05, 4.69) is 5.32 Å². The molecule has 0 bridgehead atoms. The molecule has 0 aliphatic heterocycles. The number of carbonyl (C=O) groups excluding carboxylic acids is 1. The molecule has 0 fully saturated rings. The monoisotopic (exact) mass is 266 g/mol. The largest absolute Gasteiger partial charge is 0.497 e. The third kappa shape index (κ3) is 5.18. The van der Waals surface area contributed by atoms with Gasteiger partial charge >= 0.3 is 0 Å². The molecule has 0 spiro atoms. The lowest BCUT2D eigenvalue weighted by Gasteiger charge is -2.14. The van der Waals surface area contributed by atoms with Crippen LogP contribution in [0, 0.1) is 0 Å². The van der Waals surface area contributed by atoms with Crippen molar-refractivity contribution in [3.05, 3.63) is 23.8 Å². The summed E-state index contributed by atoms with van der Waals surface area (Å²) in [5, 5.41) is 2.69. The molecule has 1 rings (SSSR count). The number of benzene rings is 1. The molecule has 0 radical (unpaired) electrons. The minimum absolute atomic E-state index is 0.00607. The maximum absolute atomic E-state index is 11.4. The van der Waals surface area contributed by atoms with Crippen LogP contribution in [0.5, 0.6) is 11.5 Å². The van der Waals surface area contributed by atoms with Crippen molar-refractivity contribution in [1.82, 2.24) is 5.32 Å². The van der Waals surface area contributed by atoms with Crippen molar-refractivity contribution < 1.29 is 14.3 Å². The fraction of sp³-hybridized carbons (Fsp3) is 0.500. The van der Waals surface area contributed by atoms with Crippen molar-refractivity contribution in [2.45, 2.75) is 26.3 Å². The summed E-state index contributed by atoms with van der Waals surface area (Å²) < 4.78 is 10.7. The standard InChI is InChI=1S/C14H22N2O3/c1-4-16-14(17)9-19-13-6-5-12(18-3)8-11(13)7-10(2)15/h5-6,8,10H,4,7,9,15H2,1-3H3,(H,16,17). The molecule has 19 heavy (non-hydrogen) atoms. The number of likely N-dealkylation sites (N-methyl/N-ethyl adjacent to an activating group) is 1. The molecule has 1 aromatic carbocycles. The smallest absolute Gasteiger partial charge is 0.257 e. The normalized spacial score (nSPS) is 11.8. The number of hydrogen-bond donors (Lipinski definition) is 2. The average molecular weight is 266 g/mol. The van der Waals surface area contributed by atoms with Crippen LogP contribution in [0.4, 0.5) is 0 Å². The molecule has 1 amide bonds. The van der Waals surface area contributed by atoms with E-state index in [1.54, 1.807) is 19.2 Å². The maximum Gasteiger partial charge on any atom is 0.257 e. The van der Waals surface area contributed by atoms with E-state index in [0.29, 0.717) is 18.7 Å². The zero-order chi connectivity index (χ0) is 14.3. The molecule has 0 saturated carbocycles. The highest BCUT2D eigenvalue weighted by Crippen LogP contribution is 2.25. The van der Waals surface area contributed by atoms with Crippen LogP contribution in [-0.2, 0) is 11.2 Å². The van der Waals surface area contributed by atoms with Crippen molar-refractivity contribution in [3.63, 3.8) is 0 Å². The van der Waals surface area contributed by atoms with Crippen molar-refractivity contribution in [3.8, 4) is 11.5 Å². The van der Waals surface area contributed by atoms with E-state index in [4.69, 9.17) is 15.2 Å². The highest BCUT2D eigenvalue weighted by atomic mass is 16.5. The summed E-state index contributed by atoms with van der Waals surface area (Å²) >= 11 is 0. The number of methoxy groups -OCH3 is 1. The van der Waals surface area contributed by atoms with E-state index in [9.17, 15) is 4.79 Å². The zero-order valence-corrected chi connectivity index (χ0v) is 11.7. The van der Waals surface area contributed by atoms with Gasteiger partial charge in [-0.25, -0.2) is 0 Å². The molecule has 5 heteroatoms. The predicted molar refractivity (Wildman–Crippen MR) is 74.5 cm³/mol. The summed E-state index contributed by atoms with van der Waals surface area (Å²) in [5.41, 5.74) is 6.76. The van der Waals surface area contributed by atoms with Gasteiger partial charge in [0.15, 0.2) is 6.61 Å². The summed E-state index contributed by atoms with van der Waals surface area (Å²) in [6.07, 6.45) is 0.669. The fourth-order valence-corrected chi connectivity index (χ4v) is 1.72. The lowest BCUT2D eigenvalue weighted by molar-refractivity contribution is -0.122. The number of ether oxygens (including phenoxy) is 2. The van der Waals surface area contributed by atoms with Crippen LogP contribution < -0.4 is 20.5 Å². The number of carbonyl (C=O) groups is 1. The third-order valence-corrected chi connectivity index (χ3v) is 2.54. The lowest BCUT2D eigenvalue weighted by Crippen LogP contribution is -2.28. The van der Waals surface area contributed by atoms with Crippen LogP contribution in [0.2, 0.25) is 0 Å². The summed E-state index contributed by atoms with van der Waals surface area (Å²) in [4.78, 5) is 11.4. The van der Waals surface area contributed by atoms with E-state index in [0.717, 1.165) is 11.3 Å². The Balaban J connectivity index is 2.77. The minimum Gasteiger partial charge on any atom is -0.497 e. The van der Waals surface area contributed by atoms with Gasteiger partial charge in [-0.1, -0.05) is 0 Å². The zero-order valence-electron chi connectivity index (χ0n) is 11.7. The Morgan fingerprint density at radius 3 is 2.79 bits per heavy atom. The van der Waals surface area contributed by atoms with Gasteiger partial charge in [-0.2, -0.15) is 0 Å². The maximum atomic E-state index is 11.4. The van der Waals surface area contributed by atoms with E-state index in [1.807, 2.05) is 19.9 Å². The molecule has 1 aromatic rings. The predicted octanol–water partition coefficient (Wildman–Crippen LogP) is 1.10. The van der Waals surface area contributed by atoms with Crippen molar-refractivity contribution in [2.75, 3.05) is 20.3 Å². The van der Waals surface area contributed by atoms with E-state index in [1.165, 1.54) is 0 Å². The van der Waals surface area contributed by atoms with Gasteiger partial charge in [0.05, 0.1) is 7.11 Å². The molecule has 1 unspecified atom stereocenters. The lowest BCUT2D eigenvalue weighted by atomic mass is 10.1. The van der Waals surface area contributed by atoms with Crippen LogP contribution in [0.1, 0.15) is 19.4 Å². The van der Waals surface area contributed by atoms with Gasteiger partial charge in [0.2, 0.25) is 0 Å². The first-order valence-electron chi connectivity index (χ1n) is 6.38. The SMILES string of the molecule is CCNC(=O)COc1ccc(OC)cc1CC(C)N. The van der Waals surface area contributed by atoms with Gasteiger partial charge < -0.3 is 20.5 Å².